The standard InChI is InChI=1S/C12H16N4/c1-3-15(4-2)11-5-7-12(8-6-11)16-9-13-14-10-16/h5-10H,3-4H2,1-2H3. The Labute approximate surface area is 95.5 Å². The minimum Gasteiger partial charge on any atom is -0.372 e. The lowest BCUT2D eigenvalue weighted by atomic mass is 10.2. The number of hydrogen-bond acceptors (Lipinski definition) is 3. The molecule has 0 aliphatic heterocycles. The fourth-order valence-corrected chi connectivity index (χ4v) is 1.76. The first-order valence-electron chi connectivity index (χ1n) is 5.55. The number of benzene rings is 1. The van der Waals surface area contributed by atoms with Gasteiger partial charge in [0.1, 0.15) is 12.7 Å². The summed E-state index contributed by atoms with van der Waals surface area (Å²) in [5.41, 5.74) is 2.34. The molecule has 1 aromatic heterocycles. The van der Waals surface area contributed by atoms with E-state index in [4.69, 9.17) is 0 Å². The molecule has 0 aliphatic carbocycles. The van der Waals surface area contributed by atoms with Crippen molar-refractivity contribution in [2.75, 3.05) is 18.0 Å². The molecule has 0 unspecified atom stereocenters. The number of aromatic nitrogens is 3. The highest BCUT2D eigenvalue weighted by atomic mass is 15.2. The van der Waals surface area contributed by atoms with E-state index in [1.165, 1.54) is 5.69 Å². The Morgan fingerprint density at radius 2 is 1.56 bits per heavy atom. The highest BCUT2D eigenvalue weighted by molar-refractivity contribution is 5.50. The molecule has 0 radical (unpaired) electrons. The molecular formula is C12H16N4. The maximum absolute atomic E-state index is 3.79. The van der Waals surface area contributed by atoms with Gasteiger partial charge in [0.15, 0.2) is 0 Å². The fourth-order valence-electron chi connectivity index (χ4n) is 1.76. The van der Waals surface area contributed by atoms with Gasteiger partial charge >= 0.3 is 0 Å². The number of nitrogens with zero attached hydrogens (tertiary/aromatic N) is 4. The van der Waals surface area contributed by atoms with Crippen molar-refractivity contribution >= 4 is 5.69 Å². The van der Waals surface area contributed by atoms with E-state index < -0.39 is 0 Å². The van der Waals surface area contributed by atoms with E-state index >= 15 is 0 Å². The van der Waals surface area contributed by atoms with Crippen LogP contribution in [0.15, 0.2) is 36.9 Å². The van der Waals surface area contributed by atoms with Crippen LogP contribution in [0.2, 0.25) is 0 Å². The molecule has 0 atom stereocenters. The van der Waals surface area contributed by atoms with Gasteiger partial charge < -0.3 is 4.90 Å². The van der Waals surface area contributed by atoms with Crippen molar-refractivity contribution < 1.29 is 0 Å². The Morgan fingerprint density at radius 1 is 1.00 bits per heavy atom. The molecule has 0 bridgehead atoms. The number of hydrogen-bond donors (Lipinski definition) is 0. The number of anilines is 1. The van der Waals surface area contributed by atoms with Gasteiger partial charge in [-0.15, -0.1) is 10.2 Å². The molecule has 2 rings (SSSR count). The van der Waals surface area contributed by atoms with Crippen molar-refractivity contribution in [3.63, 3.8) is 0 Å². The quantitative estimate of drug-likeness (QED) is 0.785. The fraction of sp³-hybridized carbons (Fsp3) is 0.333. The van der Waals surface area contributed by atoms with Crippen molar-refractivity contribution in [3.05, 3.63) is 36.9 Å². The molecule has 4 heteroatoms. The molecule has 0 amide bonds. The Hall–Kier alpha value is -1.84. The van der Waals surface area contributed by atoms with Crippen molar-refractivity contribution in [1.82, 2.24) is 14.8 Å². The van der Waals surface area contributed by atoms with E-state index in [0.29, 0.717) is 0 Å². The molecular weight excluding hydrogens is 200 g/mol. The zero-order valence-corrected chi connectivity index (χ0v) is 9.67. The first-order valence-corrected chi connectivity index (χ1v) is 5.55. The third kappa shape index (κ3) is 2.05. The summed E-state index contributed by atoms with van der Waals surface area (Å²) in [5.74, 6) is 0. The maximum Gasteiger partial charge on any atom is 0.123 e. The molecule has 0 fully saturated rings. The van der Waals surface area contributed by atoms with E-state index in [1.54, 1.807) is 12.7 Å². The lowest BCUT2D eigenvalue weighted by Crippen LogP contribution is -2.21. The summed E-state index contributed by atoms with van der Waals surface area (Å²) in [6.45, 7) is 6.39. The molecule has 2 aromatic rings. The van der Waals surface area contributed by atoms with Gasteiger partial charge in [-0.3, -0.25) is 4.57 Å². The average molecular weight is 216 g/mol. The first-order chi connectivity index (χ1) is 7.85. The molecule has 84 valence electrons. The summed E-state index contributed by atoms with van der Waals surface area (Å²) in [7, 11) is 0. The van der Waals surface area contributed by atoms with Crippen LogP contribution in [0.4, 0.5) is 5.69 Å². The molecule has 4 nitrogen and oxygen atoms in total. The zero-order valence-electron chi connectivity index (χ0n) is 9.67. The Balaban J connectivity index is 2.22. The number of rotatable bonds is 4. The Kier molecular flexibility index (Phi) is 3.19. The third-order valence-corrected chi connectivity index (χ3v) is 2.70. The van der Waals surface area contributed by atoms with E-state index in [2.05, 4.69) is 53.2 Å². The van der Waals surface area contributed by atoms with Gasteiger partial charge in [-0.25, -0.2) is 0 Å². The van der Waals surface area contributed by atoms with E-state index in [9.17, 15) is 0 Å². The molecule has 0 saturated carbocycles. The second-order valence-corrected chi connectivity index (χ2v) is 3.56. The predicted molar refractivity (Wildman–Crippen MR) is 64.9 cm³/mol. The van der Waals surface area contributed by atoms with Crippen LogP contribution in [-0.2, 0) is 0 Å². The van der Waals surface area contributed by atoms with Crippen molar-refractivity contribution in [2.45, 2.75) is 13.8 Å². The van der Waals surface area contributed by atoms with Crippen LogP contribution < -0.4 is 4.90 Å². The van der Waals surface area contributed by atoms with Crippen molar-refractivity contribution in [2.24, 2.45) is 0 Å². The van der Waals surface area contributed by atoms with Gasteiger partial charge in [-0.1, -0.05) is 0 Å². The van der Waals surface area contributed by atoms with Gasteiger partial charge in [-0.05, 0) is 38.1 Å². The van der Waals surface area contributed by atoms with Gasteiger partial charge in [0.2, 0.25) is 0 Å². The SMILES string of the molecule is CCN(CC)c1ccc(-n2cnnc2)cc1. The minimum atomic E-state index is 1.03. The normalized spacial score (nSPS) is 10.4. The van der Waals surface area contributed by atoms with Gasteiger partial charge in [0.25, 0.3) is 0 Å². The van der Waals surface area contributed by atoms with E-state index in [-0.39, 0.29) is 0 Å². The molecule has 0 saturated heterocycles. The van der Waals surface area contributed by atoms with Crippen LogP contribution >= 0.6 is 0 Å². The topological polar surface area (TPSA) is 34.0 Å². The van der Waals surface area contributed by atoms with Crippen LogP contribution in [0.1, 0.15) is 13.8 Å². The maximum atomic E-state index is 3.79. The summed E-state index contributed by atoms with van der Waals surface area (Å²) in [5, 5.41) is 7.58. The highest BCUT2D eigenvalue weighted by Crippen LogP contribution is 2.16. The van der Waals surface area contributed by atoms with Crippen LogP contribution in [0.3, 0.4) is 0 Å². The van der Waals surface area contributed by atoms with Crippen LogP contribution in [0.5, 0.6) is 0 Å². The minimum absolute atomic E-state index is 1.03. The van der Waals surface area contributed by atoms with Gasteiger partial charge in [-0.2, -0.15) is 0 Å². The van der Waals surface area contributed by atoms with Crippen LogP contribution in [0.25, 0.3) is 5.69 Å². The summed E-state index contributed by atoms with van der Waals surface area (Å²) < 4.78 is 1.89. The smallest absolute Gasteiger partial charge is 0.123 e. The van der Waals surface area contributed by atoms with Crippen molar-refractivity contribution in [3.8, 4) is 5.69 Å². The predicted octanol–water partition coefficient (Wildman–Crippen LogP) is 2.11. The molecule has 0 N–H and O–H groups in total. The monoisotopic (exact) mass is 216 g/mol. The van der Waals surface area contributed by atoms with E-state index in [1.807, 2.05) is 4.57 Å². The van der Waals surface area contributed by atoms with Gasteiger partial charge in [0, 0.05) is 24.5 Å². The third-order valence-electron chi connectivity index (χ3n) is 2.70. The Bertz CT molecular complexity index is 415. The molecule has 1 heterocycles. The molecule has 16 heavy (non-hydrogen) atoms. The van der Waals surface area contributed by atoms with Crippen molar-refractivity contribution in [1.29, 1.82) is 0 Å². The Morgan fingerprint density at radius 3 is 2.06 bits per heavy atom. The summed E-state index contributed by atoms with van der Waals surface area (Å²) in [4.78, 5) is 2.32. The zero-order chi connectivity index (χ0) is 11.4. The second kappa shape index (κ2) is 4.79. The first kappa shape index (κ1) is 10.7. The second-order valence-electron chi connectivity index (χ2n) is 3.56. The van der Waals surface area contributed by atoms with Crippen LogP contribution in [-0.4, -0.2) is 27.9 Å². The summed E-state index contributed by atoms with van der Waals surface area (Å²) in [6.07, 6.45) is 3.40. The van der Waals surface area contributed by atoms with Crippen LogP contribution in [0, 0.1) is 0 Å². The van der Waals surface area contributed by atoms with E-state index in [0.717, 1.165) is 18.8 Å². The molecule has 1 aromatic carbocycles. The molecule has 0 spiro atoms. The summed E-state index contributed by atoms with van der Waals surface area (Å²) >= 11 is 0. The molecule has 0 aliphatic rings. The lowest BCUT2D eigenvalue weighted by Gasteiger charge is -2.21. The van der Waals surface area contributed by atoms with Gasteiger partial charge in [0.05, 0.1) is 0 Å². The highest BCUT2D eigenvalue weighted by Gasteiger charge is 2.01. The average Bonchev–Trinajstić information content (AvgIpc) is 2.85. The summed E-state index contributed by atoms with van der Waals surface area (Å²) in [6, 6.07) is 8.42. The lowest BCUT2D eigenvalue weighted by molar-refractivity contribution is 0.865. The largest absolute Gasteiger partial charge is 0.372 e.